The first-order valence-corrected chi connectivity index (χ1v) is 10.6. The van der Waals surface area contributed by atoms with Gasteiger partial charge in [0.15, 0.2) is 0 Å². The maximum atomic E-state index is 3.30. The van der Waals surface area contributed by atoms with Gasteiger partial charge in [-0.15, -0.1) is 0 Å². The molecule has 6 aromatic rings. The molecule has 0 atom stereocenters. The number of fused-ring (bicyclic) bond motifs is 6. The zero-order valence-electron chi connectivity index (χ0n) is 17.2. The van der Waals surface area contributed by atoms with Crippen molar-refractivity contribution in [3.63, 3.8) is 0 Å². The van der Waals surface area contributed by atoms with Crippen LogP contribution in [0.25, 0.3) is 32.3 Å². The van der Waals surface area contributed by atoms with Crippen molar-refractivity contribution in [2.75, 3.05) is 5.32 Å². The van der Waals surface area contributed by atoms with E-state index in [9.17, 15) is 0 Å². The zero-order valence-corrected chi connectivity index (χ0v) is 17.2. The lowest BCUT2D eigenvalue weighted by Crippen LogP contribution is -1.87. The van der Waals surface area contributed by atoms with Gasteiger partial charge in [-0.2, -0.15) is 0 Å². The molecular weight excluding hydrogens is 374 g/mol. The summed E-state index contributed by atoms with van der Waals surface area (Å²) < 4.78 is 0. The fourth-order valence-electron chi connectivity index (χ4n) is 4.07. The summed E-state index contributed by atoms with van der Waals surface area (Å²) in [6.07, 6.45) is 0. The molecule has 31 heavy (non-hydrogen) atoms. The van der Waals surface area contributed by atoms with Gasteiger partial charge in [0.2, 0.25) is 0 Å². The summed E-state index contributed by atoms with van der Waals surface area (Å²) in [5.74, 6) is 0. The molecule has 0 fully saturated rings. The Morgan fingerprint density at radius 2 is 0.484 bits per heavy atom. The van der Waals surface area contributed by atoms with E-state index in [0.717, 1.165) is 11.4 Å². The van der Waals surface area contributed by atoms with E-state index in [1.165, 1.54) is 32.3 Å². The monoisotopic (exact) mass is 397 g/mol. The maximum Gasteiger partial charge on any atom is 0.0384 e. The van der Waals surface area contributed by atoms with Gasteiger partial charge in [-0.05, 0) is 56.6 Å². The minimum Gasteiger partial charge on any atom is -0.356 e. The van der Waals surface area contributed by atoms with Gasteiger partial charge in [0.25, 0.3) is 0 Å². The predicted octanol–water partition coefficient (Wildman–Crippen LogP) is 8.58. The molecule has 0 unspecified atom stereocenters. The van der Waals surface area contributed by atoms with Gasteiger partial charge in [0, 0.05) is 11.4 Å². The molecule has 0 bridgehead atoms. The molecule has 0 aliphatic rings. The van der Waals surface area contributed by atoms with Crippen LogP contribution in [-0.2, 0) is 0 Å². The third-order valence-corrected chi connectivity index (χ3v) is 5.49. The molecule has 0 radical (unpaired) electrons. The summed E-state index contributed by atoms with van der Waals surface area (Å²) in [5, 5.41) is 11.3. The van der Waals surface area contributed by atoms with Crippen LogP contribution in [0, 0.1) is 0 Å². The SMILES string of the molecule is c1ccc(Nc2ccccc2)cc1.c1ccc2c(c1)c1ccccc1c1ccccc21. The van der Waals surface area contributed by atoms with Crippen LogP contribution in [0.5, 0.6) is 0 Å². The van der Waals surface area contributed by atoms with Crippen molar-refractivity contribution in [3.8, 4) is 0 Å². The average Bonchev–Trinajstić information content (AvgIpc) is 2.86. The highest BCUT2D eigenvalue weighted by Crippen LogP contribution is 2.34. The van der Waals surface area contributed by atoms with Gasteiger partial charge >= 0.3 is 0 Å². The van der Waals surface area contributed by atoms with Gasteiger partial charge in [-0.3, -0.25) is 0 Å². The Balaban J connectivity index is 0.000000140. The second kappa shape index (κ2) is 8.73. The fraction of sp³-hybridized carbons (Fsp3) is 0. The average molecular weight is 398 g/mol. The van der Waals surface area contributed by atoms with E-state index in [4.69, 9.17) is 0 Å². The minimum atomic E-state index is 1.12. The van der Waals surface area contributed by atoms with Crippen LogP contribution in [0.3, 0.4) is 0 Å². The molecule has 0 spiro atoms. The Morgan fingerprint density at radius 3 is 0.742 bits per heavy atom. The number of rotatable bonds is 2. The molecule has 148 valence electrons. The van der Waals surface area contributed by atoms with E-state index < -0.39 is 0 Å². The standard InChI is InChI=1S/C18H12.C12H11N/c1-2-8-14-13(7-1)15-9-3-4-11-17(15)18-12-6-5-10-16(14)18;1-3-7-11(8-4-1)13-12-9-5-2-6-10-12/h1-12H;1-10,13H. The molecule has 1 heteroatoms. The van der Waals surface area contributed by atoms with Gasteiger partial charge in [-0.25, -0.2) is 0 Å². The predicted molar refractivity (Wildman–Crippen MR) is 135 cm³/mol. The quantitative estimate of drug-likeness (QED) is 0.288. The van der Waals surface area contributed by atoms with Crippen molar-refractivity contribution in [3.05, 3.63) is 133 Å². The highest BCUT2D eigenvalue weighted by molar-refractivity contribution is 6.25. The van der Waals surface area contributed by atoms with Gasteiger partial charge < -0.3 is 5.32 Å². The molecule has 0 aliphatic carbocycles. The zero-order chi connectivity index (χ0) is 20.9. The first-order valence-electron chi connectivity index (χ1n) is 10.6. The molecule has 0 saturated carbocycles. The lowest BCUT2D eigenvalue weighted by molar-refractivity contribution is 1.55. The van der Waals surface area contributed by atoms with E-state index in [1.54, 1.807) is 0 Å². The molecular formula is C30H23N. The summed E-state index contributed by atoms with van der Waals surface area (Å²) in [4.78, 5) is 0. The third kappa shape index (κ3) is 3.99. The largest absolute Gasteiger partial charge is 0.356 e. The fourth-order valence-corrected chi connectivity index (χ4v) is 4.07. The van der Waals surface area contributed by atoms with Crippen molar-refractivity contribution >= 4 is 43.7 Å². The summed E-state index contributed by atoms with van der Waals surface area (Å²) in [5.41, 5.74) is 2.24. The van der Waals surface area contributed by atoms with Crippen molar-refractivity contribution in [1.29, 1.82) is 0 Å². The molecule has 0 amide bonds. The van der Waals surface area contributed by atoms with Crippen LogP contribution < -0.4 is 5.32 Å². The van der Waals surface area contributed by atoms with Crippen LogP contribution in [0.15, 0.2) is 133 Å². The van der Waals surface area contributed by atoms with Gasteiger partial charge in [0.05, 0.1) is 0 Å². The van der Waals surface area contributed by atoms with Crippen LogP contribution in [0.1, 0.15) is 0 Å². The number of benzene rings is 6. The normalized spacial score (nSPS) is 10.6. The maximum absolute atomic E-state index is 3.30. The summed E-state index contributed by atoms with van der Waals surface area (Å²) in [7, 11) is 0. The number of nitrogens with one attached hydrogen (secondary N) is 1. The van der Waals surface area contributed by atoms with E-state index in [0.29, 0.717) is 0 Å². The summed E-state index contributed by atoms with van der Waals surface area (Å²) in [6, 6.07) is 46.3. The molecule has 0 aromatic heterocycles. The van der Waals surface area contributed by atoms with Gasteiger partial charge in [-0.1, -0.05) is 109 Å². The third-order valence-electron chi connectivity index (χ3n) is 5.49. The Kier molecular flexibility index (Phi) is 5.32. The number of hydrogen-bond acceptors (Lipinski definition) is 1. The molecule has 1 nitrogen and oxygen atoms in total. The van der Waals surface area contributed by atoms with Gasteiger partial charge in [0.1, 0.15) is 0 Å². The molecule has 1 N–H and O–H groups in total. The Morgan fingerprint density at radius 1 is 0.258 bits per heavy atom. The highest BCUT2D eigenvalue weighted by Gasteiger charge is 2.06. The number of anilines is 2. The van der Waals surface area contributed by atoms with Crippen molar-refractivity contribution in [2.45, 2.75) is 0 Å². The first kappa shape index (κ1) is 18.9. The molecule has 0 heterocycles. The lowest BCUT2D eigenvalue weighted by Gasteiger charge is -2.09. The van der Waals surface area contributed by atoms with Crippen molar-refractivity contribution in [2.24, 2.45) is 0 Å². The topological polar surface area (TPSA) is 12.0 Å². The van der Waals surface area contributed by atoms with Crippen LogP contribution in [0.2, 0.25) is 0 Å². The molecule has 6 rings (SSSR count). The van der Waals surface area contributed by atoms with Crippen LogP contribution in [0.4, 0.5) is 11.4 Å². The second-order valence-electron chi connectivity index (χ2n) is 7.49. The Bertz CT molecular complexity index is 1180. The Hall–Kier alpha value is -4.10. The van der Waals surface area contributed by atoms with E-state index in [2.05, 4.69) is 78.1 Å². The van der Waals surface area contributed by atoms with Crippen molar-refractivity contribution in [1.82, 2.24) is 0 Å². The van der Waals surface area contributed by atoms with Crippen LogP contribution in [-0.4, -0.2) is 0 Å². The van der Waals surface area contributed by atoms with E-state index >= 15 is 0 Å². The minimum absolute atomic E-state index is 1.12. The molecule has 0 aliphatic heterocycles. The Labute approximate surface area is 182 Å². The van der Waals surface area contributed by atoms with Crippen molar-refractivity contribution < 1.29 is 0 Å². The number of para-hydroxylation sites is 2. The summed E-state index contributed by atoms with van der Waals surface area (Å²) in [6.45, 7) is 0. The summed E-state index contributed by atoms with van der Waals surface area (Å²) >= 11 is 0. The smallest absolute Gasteiger partial charge is 0.0384 e. The van der Waals surface area contributed by atoms with Crippen LogP contribution >= 0.6 is 0 Å². The van der Waals surface area contributed by atoms with E-state index in [1.807, 2.05) is 60.7 Å². The number of hydrogen-bond donors (Lipinski definition) is 1. The molecule has 0 saturated heterocycles. The lowest BCUT2D eigenvalue weighted by atomic mass is 9.95. The second-order valence-corrected chi connectivity index (χ2v) is 7.49. The highest BCUT2D eigenvalue weighted by atomic mass is 14.9. The first-order chi connectivity index (χ1) is 15.4. The van der Waals surface area contributed by atoms with E-state index in [-0.39, 0.29) is 0 Å². The molecule has 6 aromatic carbocycles.